The summed E-state index contributed by atoms with van der Waals surface area (Å²) in [4.78, 5) is 11.5. The van der Waals surface area contributed by atoms with Crippen LogP contribution in [0.2, 0.25) is 10.0 Å². The molecule has 0 fully saturated rings. The van der Waals surface area contributed by atoms with Gasteiger partial charge >= 0.3 is 0 Å². The summed E-state index contributed by atoms with van der Waals surface area (Å²) in [5, 5.41) is 7.53. The Kier molecular flexibility index (Phi) is 4.61. The predicted molar refractivity (Wildman–Crippen MR) is 70.4 cm³/mol. The van der Waals surface area contributed by atoms with Crippen molar-refractivity contribution in [1.82, 2.24) is 5.32 Å². The zero-order valence-electron chi connectivity index (χ0n) is 9.70. The average molecular weight is 311 g/mol. The number of primary sulfonamides is 1. The number of rotatable bonds is 3. The fourth-order valence-electron chi connectivity index (χ4n) is 1.26. The summed E-state index contributed by atoms with van der Waals surface area (Å²) in [6.07, 6.45) is 0. The number of carbonyl (C=O) groups excluding carboxylic acids is 1. The van der Waals surface area contributed by atoms with E-state index < -0.39 is 15.9 Å². The van der Waals surface area contributed by atoms with Gasteiger partial charge in [0.15, 0.2) is 0 Å². The number of carbonyl (C=O) groups is 1. The molecule has 0 bridgehead atoms. The van der Waals surface area contributed by atoms with E-state index in [0.717, 1.165) is 6.07 Å². The summed E-state index contributed by atoms with van der Waals surface area (Å²) in [7, 11) is -4.01. The Labute approximate surface area is 115 Å². The van der Waals surface area contributed by atoms with E-state index in [1.165, 1.54) is 6.07 Å². The van der Waals surface area contributed by atoms with Crippen molar-refractivity contribution < 1.29 is 13.2 Å². The number of nitrogens with one attached hydrogen (secondary N) is 1. The van der Waals surface area contributed by atoms with Gasteiger partial charge in [0.05, 0.1) is 15.6 Å². The largest absolute Gasteiger partial charge is 0.350 e. The molecule has 8 heteroatoms. The Bertz CT molecular complexity index is 585. The maximum Gasteiger partial charge on any atom is 0.253 e. The lowest BCUT2D eigenvalue weighted by Crippen LogP contribution is -2.30. The second kappa shape index (κ2) is 5.44. The van der Waals surface area contributed by atoms with Gasteiger partial charge in [-0.05, 0) is 26.0 Å². The smallest absolute Gasteiger partial charge is 0.253 e. The lowest BCUT2D eigenvalue weighted by molar-refractivity contribution is 0.0943. The summed E-state index contributed by atoms with van der Waals surface area (Å²) < 4.78 is 22.6. The van der Waals surface area contributed by atoms with Crippen molar-refractivity contribution >= 4 is 39.1 Å². The zero-order valence-corrected chi connectivity index (χ0v) is 12.0. The molecule has 18 heavy (non-hydrogen) atoms. The highest BCUT2D eigenvalue weighted by atomic mass is 35.5. The molecule has 3 N–H and O–H groups in total. The number of halogens is 2. The molecule has 0 heterocycles. The molecular weight excluding hydrogens is 299 g/mol. The van der Waals surface area contributed by atoms with Gasteiger partial charge in [0.1, 0.15) is 4.90 Å². The molecule has 5 nitrogen and oxygen atoms in total. The highest BCUT2D eigenvalue weighted by Gasteiger charge is 2.20. The second-order valence-corrected chi connectivity index (χ2v) is 6.28. The van der Waals surface area contributed by atoms with E-state index in [2.05, 4.69) is 5.32 Å². The van der Waals surface area contributed by atoms with Gasteiger partial charge in [-0.15, -0.1) is 0 Å². The van der Waals surface area contributed by atoms with Crippen LogP contribution in [0.5, 0.6) is 0 Å². The highest BCUT2D eigenvalue weighted by molar-refractivity contribution is 7.89. The number of amides is 1. The first-order valence-electron chi connectivity index (χ1n) is 4.95. The molecule has 100 valence electrons. The summed E-state index contributed by atoms with van der Waals surface area (Å²) in [5.41, 5.74) is 0.0128. The van der Waals surface area contributed by atoms with Crippen LogP contribution >= 0.6 is 23.2 Å². The fourth-order valence-corrected chi connectivity index (χ4v) is 2.67. The van der Waals surface area contributed by atoms with Crippen LogP contribution in [0.3, 0.4) is 0 Å². The minimum atomic E-state index is -4.01. The quantitative estimate of drug-likeness (QED) is 0.891. The van der Waals surface area contributed by atoms with Crippen molar-refractivity contribution in [2.75, 3.05) is 0 Å². The van der Waals surface area contributed by atoms with E-state index in [1.54, 1.807) is 13.8 Å². The van der Waals surface area contributed by atoms with E-state index in [9.17, 15) is 13.2 Å². The minimum absolute atomic E-state index is 0.0128. The molecular formula is C10H12Cl2N2O3S. The third-order valence-electron chi connectivity index (χ3n) is 1.99. The summed E-state index contributed by atoms with van der Waals surface area (Å²) in [6, 6.07) is 2.14. The molecule has 1 amide bonds. The Morgan fingerprint density at radius 3 is 2.28 bits per heavy atom. The molecule has 0 aliphatic carbocycles. The molecule has 0 spiro atoms. The topological polar surface area (TPSA) is 89.3 Å². The average Bonchev–Trinajstić information content (AvgIpc) is 2.13. The van der Waals surface area contributed by atoms with E-state index in [1.807, 2.05) is 0 Å². The lowest BCUT2D eigenvalue weighted by Gasteiger charge is -2.11. The molecule has 1 aromatic carbocycles. The summed E-state index contributed by atoms with van der Waals surface area (Å²) in [5.74, 6) is -0.489. The van der Waals surface area contributed by atoms with Crippen molar-refractivity contribution in [2.45, 2.75) is 24.8 Å². The molecule has 0 atom stereocenters. The minimum Gasteiger partial charge on any atom is -0.350 e. The monoisotopic (exact) mass is 310 g/mol. The summed E-state index contributed by atoms with van der Waals surface area (Å²) in [6.45, 7) is 3.53. The van der Waals surface area contributed by atoms with Gasteiger partial charge in [-0.25, -0.2) is 13.6 Å². The van der Waals surface area contributed by atoms with Crippen LogP contribution in [0.1, 0.15) is 24.2 Å². The van der Waals surface area contributed by atoms with Crippen LogP contribution in [0.4, 0.5) is 0 Å². The Morgan fingerprint density at radius 2 is 1.83 bits per heavy atom. The third-order valence-corrected chi connectivity index (χ3v) is 3.68. The predicted octanol–water partition coefficient (Wildman–Crippen LogP) is 1.78. The van der Waals surface area contributed by atoms with E-state index >= 15 is 0 Å². The van der Waals surface area contributed by atoms with Gasteiger partial charge in [-0.3, -0.25) is 4.79 Å². The maximum atomic E-state index is 11.8. The second-order valence-electron chi connectivity index (χ2n) is 3.94. The van der Waals surface area contributed by atoms with Crippen LogP contribution in [0.25, 0.3) is 0 Å². The number of sulfonamides is 1. The Hall–Kier alpha value is -0.820. The molecule has 1 rings (SSSR count). The SMILES string of the molecule is CC(C)NC(=O)c1cc(S(N)(=O)=O)c(Cl)cc1Cl. The normalized spacial score (nSPS) is 11.7. The van der Waals surface area contributed by atoms with Crippen molar-refractivity contribution in [1.29, 1.82) is 0 Å². The standard InChI is InChI=1S/C10H12Cl2N2O3S/c1-5(2)14-10(15)6-3-9(18(13,16)17)8(12)4-7(6)11/h3-5H,1-2H3,(H,14,15)(H2,13,16,17). The van der Waals surface area contributed by atoms with E-state index in [0.29, 0.717) is 0 Å². The van der Waals surface area contributed by atoms with Gasteiger partial charge in [-0.2, -0.15) is 0 Å². The van der Waals surface area contributed by atoms with Crippen LogP contribution in [-0.4, -0.2) is 20.4 Å². The van der Waals surface area contributed by atoms with Gasteiger partial charge in [0.2, 0.25) is 10.0 Å². The van der Waals surface area contributed by atoms with Crippen LogP contribution in [0, 0.1) is 0 Å². The number of nitrogens with two attached hydrogens (primary N) is 1. The van der Waals surface area contributed by atoms with Crippen molar-refractivity contribution in [3.05, 3.63) is 27.7 Å². The number of hydrogen-bond donors (Lipinski definition) is 2. The van der Waals surface area contributed by atoms with Gasteiger partial charge < -0.3 is 5.32 Å². The van der Waals surface area contributed by atoms with Crippen LogP contribution in [-0.2, 0) is 10.0 Å². The number of benzene rings is 1. The lowest BCUT2D eigenvalue weighted by atomic mass is 10.2. The van der Waals surface area contributed by atoms with Gasteiger partial charge in [0, 0.05) is 6.04 Å². The maximum absolute atomic E-state index is 11.8. The third kappa shape index (κ3) is 3.58. The van der Waals surface area contributed by atoms with E-state index in [4.69, 9.17) is 28.3 Å². The first-order chi connectivity index (χ1) is 8.12. The molecule has 0 aliphatic rings. The highest BCUT2D eigenvalue weighted by Crippen LogP contribution is 2.28. The number of hydrogen-bond acceptors (Lipinski definition) is 3. The van der Waals surface area contributed by atoms with Crippen LogP contribution in [0.15, 0.2) is 17.0 Å². The molecule has 0 aliphatic heterocycles. The van der Waals surface area contributed by atoms with E-state index in [-0.39, 0.29) is 26.5 Å². The molecule has 0 unspecified atom stereocenters. The molecule has 0 radical (unpaired) electrons. The van der Waals surface area contributed by atoms with Crippen molar-refractivity contribution in [3.8, 4) is 0 Å². The Morgan fingerprint density at radius 1 is 1.28 bits per heavy atom. The molecule has 0 saturated carbocycles. The van der Waals surface area contributed by atoms with Crippen molar-refractivity contribution in [2.24, 2.45) is 5.14 Å². The zero-order chi connectivity index (χ0) is 14.1. The van der Waals surface area contributed by atoms with Gasteiger partial charge in [0.25, 0.3) is 5.91 Å². The molecule has 0 aromatic heterocycles. The first kappa shape index (κ1) is 15.2. The fraction of sp³-hybridized carbons (Fsp3) is 0.300. The van der Waals surface area contributed by atoms with Crippen molar-refractivity contribution in [3.63, 3.8) is 0 Å². The molecule has 0 saturated heterocycles. The molecule has 1 aromatic rings. The Balaban J connectivity index is 3.34. The van der Waals surface area contributed by atoms with Gasteiger partial charge in [-0.1, -0.05) is 23.2 Å². The van der Waals surface area contributed by atoms with Crippen LogP contribution < -0.4 is 10.5 Å². The summed E-state index contributed by atoms with van der Waals surface area (Å²) >= 11 is 11.6. The first-order valence-corrected chi connectivity index (χ1v) is 7.26.